The van der Waals surface area contributed by atoms with Crippen molar-refractivity contribution in [3.8, 4) is 5.82 Å². The second-order valence-corrected chi connectivity index (χ2v) is 6.65. The van der Waals surface area contributed by atoms with Crippen molar-refractivity contribution in [1.29, 1.82) is 0 Å². The molecule has 3 aromatic rings. The summed E-state index contributed by atoms with van der Waals surface area (Å²) in [7, 11) is 0. The lowest BCUT2D eigenvalue weighted by molar-refractivity contribution is 0.102. The van der Waals surface area contributed by atoms with Crippen molar-refractivity contribution in [1.82, 2.24) is 14.8 Å². The van der Waals surface area contributed by atoms with Crippen molar-refractivity contribution in [3.05, 3.63) is 69.0 Å². The van der Waals surface area contributed by atoms with Crippen LogP contribution in [0.5, 0.6) is 0 Å². The number of aryl methyl sites for hydroxylation is 2. The van der Waals surface area contributed by atoms with Crippen LogP contribution < -0.4 is 5.32 Å². The van der Waals surface area contributed by atoms with Gasteiger partial charge in [0.05, 0.1) is 28.2 Å². The maximum absolute atomic E-state index is 12.3. The van der Waals surface area contributed by atoms with Crippen LogP contribution in [0, 0.1) is 13.8 Å². The molecule has 0 fully saturated rings. The molecule has 0 bridgehead atoms. The Morgan fingerprint density at radius 2 is 2.00 bits per heavy atom. The summed E-state index contributed by atoms with van der Waals surface area (Å²) in [5, 5.41) is 7.56. The van der Waals surface area contributed by atoms with Crippen molar-refractivity contribution in [3.63, 3.8) is 0 Å². The van der Waals surface area contributed by atoms with E-state index >= 15 is 0 Å². The molecule has 0 saturated carbocycles. The van der Waals surface area contributed by atoms with Crippen LogP contribution in [-0.2, 0) is 0 Å². The number of aromatic nitrogens is 3. The standard InChI is InChI=1S/C17H14BrClN4O/c1-10-7-11(2)23(22-10)16-6-4-13(9-20-16)21-17(24)14-8-12(18)3-5-15(14)19/h3-9H,1-2H3,(H,21,24). The first-order chi connectivity index (χ1) is 11.4. The second-order valence-electron chi connectivity index (χ2n) is 5.32. The molecule has 3 rings (SSSR count). The number of halogens is 2. The van der Waals surface area contributed by atoms with Gasteiger partial charge < -0.3 is 5.32 Å². The van der Waals surface area contributed by atoms with Crippen molar-refractivity contribution < 1.29 is 4.79 Å². The average molecular weight is 406 g/mol. The van der Waals surface area contributed by atoms with Crippen LogP contribution in [0.2, 0.25) is 5.02 Å². The van der Waals surface area contributed by atoms with Gasteiger partial charge in [0.2, 0.25) is 0 Å². The first-order valence-corrected chi connectivity index (χ1v) is 8.37. The van der Waals surface area contributed by atoms with Crippen molar-refractivity contribution in [2.45, 2.75) is 13.8 Å². The fraction of sp³-hybridized carbons (Fsp3) is 0.118. The molecule has 0 atom stereocenters. The van der Waals surface area contributed by atoms with Gasteiger partial charge >= 0.3 is 0 Å². The van der Waals surface area contributed by atoms with E-state index in [2.05, 4.69) is 31.3 Å². The number of amides is 1. The van der Waals surface area contributed by atoms with Crippen LogP contribution in [0.25, 0.3) is 5.82 Å². The Hall–Kier alpha value is -2.18. The van der Waals surface area contributed by atoms with Gasteiger partial charge in [-0.2, -0.15) is 5.10 Å². The maximum Gasteiger partial charge on any atom is 0.257 e. The summed E-state index contributed by atoms with van der Waals surface area (Å²) in [4.78, 5) is 16.7. The molecule has 1 amide bonds. The minimum atomic E-state index is -0.290. The molecule has 7 heteroatoms. The van der Waals surface area contributed by atoms with Gasteiger partial charge in [-0.3, -0.25) is 4.79 Å². The smallest absolute Gasteiger partial charge is 0.257 e. The van der Waals surface area contributed by atoms with Gasteiger partial charge in [0, 0.05) is 10.2 Å². The van der Waals surface area contributed by atoms with Crippen LogP contribution >= 0.6 is 27.5 Å². The Morgan fingerprint density at radius 1 is 1.21 bits per heavy atom. The Labute approximate surface area is 152 Å². The van der Waals surface area contributed by atoms with Crippen LogP contribution in [0.15, 0.2) is 47.1 Å². The van der Waals surface area contributed by atoms with E-state index in [9.17, 15) is 4.79 Å². The fourth-order valence-corrected chi connectivity index (χ4v) is 2.88. The number of pyridine rings is 1. The van der Waals surface area contributed by atoms with Gasteiger partial charge in [0.25, 0.3) is 5.91 Å². The lowest BCUT2D eigenvalue weighted by atomic mass is 10.2. The highest BCUT2D eigenvalue weighted by Gasteiger charge is 2.12. The lowest BCUT2D eigenvalue weighted by Crippen LogP contribution is -2.13. The molecule has 5 nitrogen and oxygen atoms in total. The molecule has 0 aliphatic rings. The van der Waals surface area contributed by atoms with E-state index in [0.29, 0.717) is 22.1 Å². The van der Waals surface area contributed by atoms with E-state index in [1.54, 1.807) is 41.2 Å². The molecule has 122 valence electrons. The van der Waals surface area contributed by atoms with Gasteiger partial charge in [-0.1, -0.05) is 27.5 Å². The van der Waals surface area contributed by atoms with Crippen LogP contribution in [-0.4, -0.2) is 20.7 Å². The number of hydrogen-bond acceptors (Lipinski definition) is 3. The Morgan fingerprint density at radius 3 is 2.62 bits per heavy atom. The van der Waals surface area contributed by atoms with Crippen molar-refractivity contribution >= 4 is 39.1 Å². The Kier molecular flexibility index (Phi) is 4.69. The zero-order valence-corrected chi connectivity index (χ0v) is 15.4. The molecule has 1 N–H and O–H groups in total. The highest BCUT2D eigenvalue weighted by Crippen LogP contribution is 2.22. The summed E-state index contributed by atoms with van der Waals surface area (Å²) < 4.78 is 2.54. The summed E-state index contributed by atoms with van der Waals surface area (Å²) in [6, 6.07) is 10.7. The van der Waals surface area contributed by atoms with Crippen molar-refractivity contribution in [2.75, 3.05) is 5.32 Å². The third kappa shape index (κ3) is 3.49. The number of benzene rings is 1. The van der Waals surface area contributed by atoms with Gasteiger partial charge in [0.1, 0.15) is 0 Å². The maximum atomic E-state index is 12.3. The number of nitrogens with zero attached hydrogens (tertiary/aromatic N) is 3. The lowest BCUT2D eigenvalue weighted by Gasteiger charge is -2.08. The molecule has 24 heavy (non-hydrogen) atoms. The summed E-state index contributed by atoms with van der Waals surface area (Å²) in [6.45, 7) is 3.90. The zero-order chi connectivity index (χ0) is 17.3. The molecule has 2 heterocycles. The molecule has 0 aliphatic carbocycles. The highest BCUT2D eigenvalue weighted by molar-refractivity contribution is 9.10. The molecular formula is C17H14BrClN4O. The average Bonchev–Trinajstić information content (AvgIpc) is 2.89. The van der Waals surface area contributed by atoms with E-state index < -0.39 is 0 Å². The predicted molar refractivity (Wildman–Crippen MR) is 97.9 cm³/mol. The molecule has 0 spiro atoms. The largest absolute Gasteiger partial charge is 0.321 e. The molecular weight excluding hydrogens is 392 g/mol. The third-order valence-corrected chi connectivity index (χ3v) is 4.23. The van der Waals surface area contributed by atoms with Crippen LogP contribution in [0.1, 0.15) is 21.7 Å². The number of hydrogen-bond donors (Lipinski definition) is 1. The Balaban J connectivity index is 1.80. The van der Waals surface area contributed by atoms with Crippen LogP contribution in [0.4, 0.5) is 5.69 Å². The topological polar surface area (TPSA) is 59.8 Å². The molecule has 2 aromatic heterocycles. The van der Waals surface area contributed by atoms with Gasteiger partial charge in [0.15, 0.2) is 5.82 Å². The number of nitrogens with one attached hydrogen (secondary N) is 1. The van der Waals surface area contributed by atoms with E-state index in [1.165, 1.54) is 0 Å². The first kappa shape index (κ1) is 16.7. The second kappa shape index (κ2) is 6.75. The minimum Gasteiger partial charge on any atom is -0.321 e. The number of rotatable bonds is 3. The molecule has 0 radical (unpaired) electrons. The summed E-state index contributed by atoms with van der Waals surface area (Å²) in [5.74, 6) is 0.404. The first-order valence-electron chi connectivity index (χ1n) is 7.20. The van der Waals surface area contributed by atoms with E-state index in [0.717, 1.165) is 15.9 Å². The van der Waals surface area contributed by atoms with Crippen molar-refractivity contribution in [2.24, 2.45) is 0 Å². The van der Waals surface area contributed by atoms with E-state index in [1.807, 2.05) is 19.9 Å². The summed E-state index contributed by atoms with van der Waals surface area (Å²) in [5.41, 5.74) is 2.91. The van der Waals surface area contributed by atoms with E-state index in [4.69, 9.17) is 11.6 Å². The normalized spacial score (nSPS) is 10.7. The minimum absolute atomic E-state index is 0.290. The van der Waals surface area contributed by atoms with Gasteiger partial charge in [-0.05, 0) is 50.2 Å². The molecule has 0 aliphatic heterocycles. The zero-order valence-electron chi connectivity index (χ0n) is 13.0. The number of carbonyl (C=O) groups is 1. The SMILES string of the molecule is Cc1cc(C)n(-c2ccc(NC(=O)c3cc(Br)ccc3Cl)cn2)n1. The quantitative estimate of drug-likeness (QED) is 0.695. The summed E-state index contributed by atoms with van der Waals surface area (Å²) >= 11 is 9.41. The van der Waals surface area contributed by atoms with E-state index in [-0.39, 0.29) is 5.91 Å². The predicted octanol–water partition coefficient (Wildman–Crippen LogP) is 4.55. The molecule has 0 saturated heterocycles. The summed E-state index contributed by atoms with van der Waals surface area (Å²) in [6.07, 6.45) is 1.59. The number of carbonyl (C=O) groups excluding carboxylic acids is 1. The molecule has 1 aromatic carbocycles. The van der Waals surface area contributed by atoms with Gasteiger partial charge in [-0.15, -0.1) is 0 Å². The Bertz CT molecular complexity index is 905. The van der Waals surface area contributed by atoms with Crippen LogP contribution in [0.3, 0.4) is 0 Å². The number of anilines is 1. The monoisotopic (exact) mass is 404 g/mol. The third-order valence-electron chi connectivity index (χ3n) is 3.41. The fourth-order valence-electron chi connectivity index (χ4n) is 2.32. The highest BCUT2D eigenvalue weighted by atomic mass is 79.9. The van der Waals surface area contributed by atoms with Gasteiger partial charge in [-0.25, -0.2) is 9.67 Å². The molecule has 0 unspecified atom stereocenters.